The van der Waals surface area contributed by atoms with E-state index >= 15 is 0 Å². The maximum atomic E-state index is 12.7. The van der Waals surface area contributed by atoms with E-state index in [1.54, 1.807) is 18.2 Å². The summed E-state index contributed by atoms with van der Waals surface area (Å²) in [5, 5.41) is 6.25. The number of nitrogens with zero attached hydrogens (tertiary/aromatic N) is 1. The molecule has 2 N–H and O–H groups in total. The van der Waals surface area contributed by atoms with Crippen LogP contribution in [0.2, 0.25) is 5.02 Å². The molecule has 0 bridgehead atoms. The second-order valence-corrected chi connectivity index (χ2v) is 8.28. The standard InChI is InChI=1S/C23H36ClN3O3/c1-3-5-13-27(14-6-4-2)15-8-12-25-22(28)19-17-18(24)10-11-20(19)26-23(29)21-9-7-16-30-21/h10-11,17,21H,3-9,12-16H2,1-2H3,(H,25,28)(H,26,29). The molecule has 1 aliphatic rings. The van der Waals surface area contributed by atoms with Crippen molar-refractivity contribution >= 4 is 29.1 Å². The normalized spacial score (nSPS) is 16.1. The van der Waals surface area contributed by atoms with Crippen LogP contribution in [-0.2, 0) is 9.53 Å². The van der Waals surface area contributed by atoms with Gasteiger partial charge in [-0.1, -0.05) is 38.3 Å². The Hall–Kier alpha value is -1.63. The Balaban J connectivity index is 1.87. The summed E-state index contributed by atoms with van der Waals surface area (Å²) >= 11 is 6.10. The highest BCUT2D eigenvalue weighted by Gasteiger charge is 2.25. The van der Waals surface area contributed by atoms with Crippen LogP contribution >= 0.6 is 11.6 Å². The van der Waals surface area contributed by atoms with Crippen LogP contribution in [0.5, 0.6) is 0 Å². The summed E-state index contributed by atoms with van der Waals surface area (Å²) in [5.41, 5.74) is 0.840. The summed E-state index contributed by atoms with van der Waals surface area (Å²) < 4.78 is 5.43. The molecule has 0 saturated carbocycles. The fourth-order valence-electron chi connectivity index (χ4n) is 3.51. The van der Waals surface area contributed by atoms with Crippen LogP contribution in [0.1, 0.15) is 69.2 Å². The summed E-state index contributed by atoms with van der Waals surface area (Å²) in [6, 6.07) is 4.93. The topological polar surface area (TPSA) is 70.7 Å². The molecule has 168 valence electrons. The third-order valence-corrected chi connectivity index (χ3v) is 5.53. The molecule has 0 aromatic heterocycles. The van der Waals surface area contributed by atoms with Gasteiger partial charge in [0.25, 0.3) is 11.8 Å². The van der Waals surface area contributed by atoms with Crippen molar-refractivity contribution in [3.05, 3.63) is 28.8 Å². The zero-order chi connectivity index (χ0) is 21.8. The van der Waals surface area contributed by atoms with Gasteiger partial charge < -0.3 is 20.3 Å². The first-order chi connectivity index (χ1) is 14.5. The van der Waals surface area contributed by atoms with Crippen LogP contribution in [0.4, 0.5) is 5.69 Å². The number of hydrogen-bond donors (Lipinski definition) is 2. The summed E-state index contributed by atoms with van der Waals surface area (Å²) in [6.07, 6.45) is 6.79. The van der Waals surface area contributed by atoms with E-state index in [1.165, 1.54) is 25.7 Å². The number of nitrogens with one attached hydrogen (secondary N) is 2. The van der Waals surface area contributed by atoms with Crippen molar-refractivity contribution in [3.63, 3.8) is 0 Å². The Morgan fingerprint density at radius 2 is 1.83 bits per heavy atom. The number of ether oxygens (including phenoxy) is 1. The second-order valence-electron chi connectivity index (χ2n) is 7.84. The van der Waals surface area contributed by atoms with E-state index in [0.29, 0.717) is 35.8 Å². The van der Waals surface area contributed by atoms with Crippen LogP contribution in [0.3, 0.4) is 0 Å². The molecule has 1 aromatic rings. The lowest BCUT2D eigenvalue weighted by molar-refractivity contribution is -0.124. The van der Waals surface area contributed by atoms with Crippen molar-refractivity contribution in [1.82, 2.24) is 10.2 Å². The van der Waals surface area contributed by atoms with Gasteiger partial charge in [-0.15, -0.1) is 0 Å². The number of halogens is 1. The third-order valence-electron chi connectivity index (χ3n) is 5.30. The van der Waals surface area contributed by atoms with E-state index in [-0.39, 0.29) is 11.8 Å². The monoisotopic (exact) mass is 437 g/mol. The van der Waals surface area contributed by atoms with Crippen molar-refractivity contribution in [1.29, 1.82) is 0 Å². The second kappa shape index (κ2) is 13.6. The predicted octanol–water partition coefficient (Wildman–Crippen LogP) is 4.48. The highest BCUT2D eigenvalue weighted by atomic mass is 35.5. The van der Waals surface area contributed by atoms with E-state index in [9.17, 15) is 9.59 Å². The molecule has 0 spiro atoms. The van der Waals surface area contributed by atoms with Gasteiger partial charge in [0.1, 0.15) is 6.10 Å². The summed E-state index contributed by atoms with van der Waals surface area (Å²) in [6.45, 7) is 8.78. The Morgan fingerprint density at radius 3 is 2.47 bits per heavy atom. The van der Waals surface area contributed by atoms with Crippen LogP contribution < -0.4 is 10.6 Å². The number of carbonyl (C=O) groups is 2. The molecule has 7 heteroatoms. The maximum absolute atomic E-state index is 12.7. The minimum atomic E-state index is -0.450. The summed E-state index contributed by atoms with van der Waals surface area (Å²) in [4.78, 5) is 27.6. The molecule has 2 rings (SSSR count). The molecule has 1 aromatic carbocycles. The Labute approximate surface area is 185 Å². The Morgan fingerprint density at radius 1 is 1.13 bits per heavy atom. The van der Waals surface area contributed by atoms with Crippen LogP contribution in [0, 0.1) is 0 Å². The van der Waals surface area contributed by atoms with E-state index in [0.717, 1.165) is 32.5 Å². The quantitative estimate of drug-likeness (QED) is 0.446. The molecule has 2 amide bonds. The number of rotatable bonds is 13. The smallest absolute Gasteiger partial charge is 0.253 e. The first-order valence-corrected chi connectivity index (χ1v) is 11.7. The molecule has 1 atom stereocenters. The minimum absolute atomic E-state index is 0.216. The highest BCUT2D eigenvalue weighted by Crippen LogP contribution is 2.22. The lowest BCUT2D eigenvalue weighted by Gasteiger charge is -2.22. The molecule has 1 heterocycles. The first-order valence-electron chi connectivity index (χ1n) is 11.3. The van der Waals surface area contributed by atoms with Crippen molar-refractivity contribution in [2.45, 2.75) is 64.9 Å². The molecule has 30 heavy (non-hydrogen) atoms. The molecule has 0 aliphatic carbocycles. The van der Waals surface area contributed by atoms with Gasteiger partial charge in [0.2, 0.25) is 0 Å². The largest absolute Gasteiger partial charge is 0.368 e. The van der Waals surface area contributed by atoms with Gasteiger partial charge in [0, 0.05) is 18.2 Å². The van der Waals surface area contributed by atoms with E-state index < -0.39 is 6.10 Å². The zero-order valence-electron chi connectivity index (χ0n) is 18.3. The van der Waals surface area contributed by atoms with Crippen molar-refractivity contribution in [2.24, 2.45) is 0 Å². The number of hydrogen-bond acceptors (Lipinski definition) is 4. The van der Waals surface area contributed by atoms with Crippen LogP contribution in [0.15, 0.2) is 18.2 Å². The van der Waals surface area contributed by atoms with Crippen molar-refractivity contribution in [3.8, 4) is 0 Å². The molecule has 6 nitrogen and oxygen atoms in total. The molecule has 1 fully saturated rings. The first kappa shape index (κ1) is 24.6. The molecule has 1 saturated heterocycles. The average Bonchev–Trinajstić information content (AvgIpc) is 3.28. The SMILES string of the molecule is CCCCN(CCCC)CCCNC(=O)c1cc(Cl)ccc1NC(=O)C1CCCO1. The maximum Gasteiger partial charge on any atom is 0.253 e. The number of carbonyl (C=O) groups excluding carboxylic acids is 2. The van der Waals surface area contributed by atoms with Gasteiger partial charge in [-0.3, -0.25) is 9.59 Å². The zero-order valence-corrected chi connectivity index (χ0v) is 19.1. The van der Waals surface area contributed by atoms with Crippen molar-refractivity contribution in [2.75, 3.05) is 38.1 Å². The number of benzene rings is 1. The predicted molar refractivity (Wildman–Crippen MR) is 122 cm³/mol. The molecule has 1 unspecified atom stereocenters. The van der Waals surface area contributed by atoms with Gasteiger partial charge in [0.05, 0.1) is 11.3 Å². The van der Waals surface area contributed by atoms with E-state index in [2.05, 4.69) is 29.4 Å². The van der Waals surface area contributed by atoms with Gasteiger partial charge >= 0.3 is 0 Å². The van der Waals surface area contributed by atoms with Gasteiger partial charge in [-0.2, -0.15) is 0 Å². The Kier molecular flexibility index (Phi) is 11.2. The van der Waals surface area contributed by atoms with Gasteiger partial charge in [-0.25, -0.2) is 0 Å². The third kappa shape index (κ3) is 8.25. The molecular formula is C23H36ClN3O3. The molecule has 1 aliphatic heterocycles. The molecular weight excluding hydrogens is 402 g/mol. The Bertz CT molecular complexity index is 670. The van der Waals surface area contributed by atoms with Gasteiger partial charge in [0.15, 0.2) is 0 Å². The van der Waals surface area contributed by atoms with Crippen LogP contribution in [-0.4, -0.2) is 55.6 Å². The number of unbranched alkanes of at least 4 members (excludes halogenated alkanes) is 2. The highest BCUT2D eigenvalue weighted by molar-refractivity contribution is 6.31. The lowest BCUT2D eigenvalue weighted by Crippen LogP contribution is -2.32. The minimum Gasteiger partial charge on any atom is -0.368 e. The fourth-order valence-corrected chi connectivity index (χ4v) is 3.68. The van der Waals surface area contributed by atoms with Gasteiger partial charge in [-0.05, 0) is 69.9 Å². The van der Waals surface area contributed by atoms with Crippen LogP contribution in [0.25, 0.3) is 0 Å². The van der Waals surface area contributed by atoms with Crippen molar-refractivity contribution < 1.29 is 14.3 Å². The lowest BCUT2D eigenvalue weighted by atomic mass is 10.1. The van der Waals surface area contributed by atoms with E-state index in [4.69, 9.17) is 16.3 Å². The average molecular weight is 438 g/mol. The summed E-state index contributed by atoms with van der Waals surface area (Å²) in [7, 11) is 0. The molecule has 0 radical (unpaired) electrons. The van der Waals surface area contributed by atoms with E-state index in [1.807, 2.05) is 0 Å². The summed E-state index contributed by atoms with van der Waals surface area (Å²) in [5.74, 6) is -0.444. The number of anilines is 1. The number of amides is 2. The fraction of sp³-hybridized carbons (Fsp3) is 0.652.